The quantitative estimate of drug-likeness (QED) is 0.865. The van der Waals surface area contributed by atoms with E-state index < -0.39 is 0 Å². The molecule has 0 spiro atoms. The summed E-state index contributed by atoms with van der Waals surface area (Å²) in [4.78, 5) is 4.33. The molecule has 96 valence electrons. The summed E-state index contributed by atoms with van der Waals surface area (Å²) in [5, 5.41) is 11.8. The number of aromatic nitrogens is 4. The van der Waals surface area contributed by atoms with Crippen LogP contribution in [0.15, 0.2) is 12.4 Å². The minimum absolute atomic E-state index is 0.289. The number of hydrogen-bond acceptors (Lipinski definition) is 4. The maximum atomic E-state index is 6.27. The van der Waals surface area contributed by atoms with Gasteiger partial charge in [0.25, 0.3) is 0 Å². The van der Waals surface area contributed by atoms with Crippen LogP contribution in [0, 0.1) is 12.8 Å². The third-order valence-corrected chi connectivity index (χ3v) is 4.17. The molecule has 0 saturated heterocycles. The number of fused-ring (bicyclic) bond motifs is 1. The number of aryl methyl sites for hydroxylation is 1. The predicted octanol–water partition coefficient (Wildman–Crippen LogP) is 2.25. The molecular weight excluding hydrogens is 250 g/mol. The van der Waals surface area contributed by atoms with Gasteiger partial charge < -0.3 is 5.32 Å². The predicted molar refractivity (Wildman–Crippen MR) is 71.0 cm³/mol. The molecule has 0 amide bonds. The van der Waals surface area contributed by atoms with Crippen LogP contribution in [-0.2, 0) is 0 Å². The molecule has 6 heteroatoms. The Balaban J connectivity index is 1.78. The van der Waals surface area contributed by atoms with Gasteiger partial charge in [-0.1, -0.05) is 6.42 Å². The van der Waals surface area contributed by atoms with E-state index in [1.54, 1.807) is 6.20 Å². The molecular formula is C12H16ClN5. The summed E-state index contributed by atoms with van der Waals surface area (Å²) in [6, 6.07) is 0. The van der Waals surface area contributed by atoms with Gasteiger partial charge in [0.05, 0.1) is 0 Å². The van der Waals surface area contributed by atoms with Gasteiger partial charge in [0.1, 0.15) is 5.82 Å². The van der Waals surface area contributed by atoms with E-state index in [-0.39, 0.29) is 5.38 Å². The lowest BCUT2D eigenvalue weighted by atomic mass is 10.1. The molecule has 0 radical (unpaired) electrons. The summed E-state index contributed by atoms with van der Waals surface area (Å²) < 4.78 is 1.93. The molecule has 2 heterocycles. The van der Waals surface area contributed by atoms with Crippen LogP contribution in [0.2, 0.25) is 0 Å². The Bertz CT molecular complexity index is 552. The Morgan fingerprint density at radius 1 is 1.44 bits per heavy atom. The summed E-state index contributed by atoms with van der Waals surface area (Å²) in [7, 11) is 0. The summed E-state index contributed by atoms with van der Waals surface area (Å²) in [6.45, 7) is 2.78. The summed E-state index contributed by atoms with van der Waals surface area (Å²) in [6.07, 6.45) is 7.17. The first-order valence-electron chi connectivity index (χ1n) is 6.30. The maximum absolute atomic E-state index is 6.27. The summed E-state index contributed by atoms with van der Waals surface area (Å²) in [5.74, 6) is 2.18. The Hall–Kier alpha value is -1.36. The molecule has 1 aliphatic carbocycles. The van der Waals surface area contributed by atoms with Crippen LogP contribution in [0.5, 0.6) is 0 Å². The zero-order valence-electron chi connectivity index (χ0n) is 10.3. The van der Waals surface area contributed by atoms with E-state index in [0.717, 1.165) is 30.3 Å². The molecule has 0 bridgehead atoms. The van der Waals surface area contributed by atoms with Gasteiger partial charge in [-0.25, -0.2) is 4.98 Å². The van der Waals surface area contributed by atoms with Crippen molar-refractivity contribution in [1.29, 1.82) is 0 Å². The highest BCUT2D eigenvalue weighted by Crippen LogP contribution is 2.30. The van der Waals surface area contributed by atoms with Gasteiger partial charge in [-0.15, -0.1) is 21.8 Å². The number of halogens is 1. The molecule has 5 nitrogen and oxygen atoms in total. The van der Waals surface area contributed by atoms with Gasteiger partial charge in [-0.05, 0) is 25.7 Å². The van der Waals surface area contributed by atoms with Gasteiger partial charge in [0, 0.05) is 24.3 Å². The van der Waals surface area contributed by atoms with E-state index in [0.29, 0.717) is 5.92 Å². The van der Waals surface area contributed by atoms with Crippen molar-refractivity contribution < 1.29 is 0 Å². The van der Waals surface area contributed by atoms with Gasteiger partial charge in [-0.2, -0.15) is 0 Å². The van der Waals surface area contributed by atoms with Crippen molar-refractivity contribution in [2.45, 2.75) is 31.6 Å². The number of alkyl halides is 1. The van der Waals surface area contributed by atoms with Crippen LogP contribution < -0.4 is 5.32 Å². The van der Waals surface area contributed by atoms with E-state index in [4.69, 9.17) is 11.6 Å². The van der Waals surface area contributed by atoms with E-state index >= 15 is 0 Å². The number of rotatable bonds is 3. The molecule has 2 aromatic rings. The van der Waals surface area contributed by atoms with E-state index in [2.05, 4.69) is 20.5 Å². The molecule has 3 rings (SSSR count). The lowest BCUT2D eigenvalue weighted by molar-refractivity contribution is 0.585. The largest absolute Gasteiger partial charge is 0.367 e. The molecule has 2 atom stereocenters. The van der Waals surface area contributed by atoms with Gasteiger partial charge in [-0.3, -0.25) is 4.40 Å². The monoisotopic (exact) mass is 265 g/mol. The molecule has 1 fully saturated rings. The van der Waals surface area contributed by atoms with Gasteiger partial charge >= 0.3 is 0 Å². The molecule has 1 aliphatic rings. The Morgan fingerprint density at radius 2 is 2.33 bits per heavy atom. The average Bonchev–Trinajstić information content (AvgIpc) is 2.95. The minimum Gasteiger partial charge on any atom is -0.367 e. The van der Waals surface area contributed by atoms with Crippen molar-refractivity contribution in [3.05, 3.63) is 18.2 Å². The molecule has 0 aliphatic heterocycles. The zero-order chi connectivity index (χ0) is 12.5. The topological polar surface area (TPSA) is 55.1 Å². The molecule has 2 unspecified atom stereocenters. The van der Waals surface area contributed by atoms with Crippen LogP contribution >= 0.6 is 11.6 Å². The third-order valence-electron chi connectivity index (χ3n) is 3.60. The molecule has 18 heavy (non-hydrogen) atoms. The number of nitrogens with zero attached hydrogens (tertiary/aromatic N) is 4. The smallest absolute Gasteiger partial charge is 0.203 e. The number of hydrogen-bond donors (Lipinski definition) is 1. The highest BCUT2D eigenvalue weighted by Gasteiger charge is 2.25. The van der Waals surface area contributed by atoms with Crippen molar-refractivity contribution >= 4 is 23.1 Å². The highest BCUT2D eigenvalue weighted by atomic mass is 35.5. The van der Waals surface area contributed by atoms with E-state index in [9.17, 15) is 0 Å². The van der Waals surface area contributed by atoms with Gasteiger partial charge in [0.15, 0.2) is 5.82 Å². The van der Waals surface area contributed by atoms with Crippen LogP contribution in [-0.4, -0.2) is 31.5 Å². The van der Waals surface area contributed by atoms with Crippen LogP contribution in [0.25, 0.3) is 5.65 Å². The first-order valence-corrected chi connectivity index (χ1v) is 6.73. The van der Waals surface area contributed by atoms with Crippen LogP contribution in [0.1, 0.15) is 25.1 Å². The molecule has 0 aromatic carbocycles. The normalized spacial score (nSPS) is 23.7. The molecule has 1 N–H and O–H groups in total. The third kappa shape index (κ3) is 2.03. The van der Waals surface area contributed by atoms with Crippen LogP contribution in [0.4, 0.5) is 5.82 Å². The standard InChI is InChI=1S/C12H16ClN5/c1-8-16-17-12-11(14-5-6-18(8)12)15-7-9-3-2-4-10(9)13/h5-6,9-10H,2-4,7H2,1H3,(H,14,15). The van der Waals surface area contributed by atoms with Crippen molar-refractivity contribution in [1.82, 2.24) is 19.6 Å². The Morgan fingerprint density at radius 3 is 3.11 bits per heavy atom. The number of nitrogens with one attached hydrogen (secondary N) is 1. The average molecular weight is 266 g/mol. The second-order valence-corrected chi connectivity index (χ2v) is 5.37. The second kappa shape index (κ2) is 4.72. The Kier molecular flexibility index (Phi) is 3.07. The Labute approximate surface area is 111 Å². The molecule has 1 saturated carbocycles. The van der Waals surface area contributed by atoms with Gasteiger partial charge in [0.2, 0.25) is 5.65 Å². The fraction of sp³-hybridized carbons (Fsp3) is 0.583. The van der Waals surface area contributed by atoms with Crippen molar-refractivity contribution in [2.75, 3.05) is 11.9 Å². The van der Waals surface area contributed by atoms with Crippen molar-refractivity contribution in [3.8, 4) is 0 Å². The minimum atomic E-state index is 0.289. The fourth-order valence-electron chi connectivity index (χ4n) is 2.52. The second-order valence-electron chi connectivity index (χ2n) is 4.80. The van der Waals surface area contributed by atoms with Crippen molar-refractivity contribution in [3.63, 3.8) is 0 Å². The lowest BCUT2D eigenvalue weighted by Crippen LogP contribution is -2.19. The fourth-order valence-corrected chi connectivity index (χ4v) is 2.88. The lowest BCUT2D eigenvalue weighted by Gasteiger charge is -2.14. The zero-order valence-corrected chi connectivity index (χ0v) is 11.1. The SMILES string of the molecule is Cc1nnc2c(NCC3CCCC3Cl)nccn12. The van der Waals surface area contributed by atoms with Crippen LogP contribution in [0.3, 0.4) is 0 Å². The summed E-state index contributed by atoms with van der Waals surface area (Å²) >= 11 is 6.27. The number of anilines is 1. The maximum Gasteiger partial charge on any atom is 0.203 e. The summed E-state index contributed by atoms with van der Waals surface area (Å²) in [5.41, 5.74) is 0.777. The van der Waals surface area contributed by atoms with E-state index in [1.165, 1.54) is 12.8 Å². The first-order chi connectivity index (χ1) is 8.75. The van der Waals surface area contributed by atoms with E-state index in [1.807, 2.05) is 17.5 Å². The first kappa shape index (κ1) is 11.7. The van der Waals surface area contributed by atoms with Crippen molar-refractivity contribution in [2.24, 2.45) is 5.92 Å². The highest BCUT2D eigenvalue weighted by molar-refractivity contribution is 6.21. The molecule has 2 aromatic heterocycles.